The maximum Gasteiger partial charge on any atom is 0.407 e. The van der Waals surface area contributed by atoms with Gasteiger partial charge in [0.25, 0.3) is 0 Å². The van der Waals surface area contributed by atoms with Gasteiger partial charge in [-0.3, -0.25) is 4.79 Å². The average Bonchev–Trinajstić information content (AvgIpc) is 3.41. The Morgan fingerprint density at radius 3 is 2.28 bits per heavy atom. The van der Waals surface area contributed by atoms with E-state index in [1.807, 2.05) is 24.3 Å². The van der Waals surface area contributed by atoms with E-state index in [4.69, 9.17) is 9.47 Å². The van der Waals surface area contributed by atoms with Gasteiger partial charge in [0.1, 0.15) is 6.61 Å². The highest BCUT2D eigenvalue weighted by molar-refractivity contribution is 5.79. The van der Waals surface area contributed by atoms with Gasteiger partial charge in [0.05, 0.1) is 17.6 Å². The summed E-state index contributed by atoms with van der Waals surface area (Å²) in [6, 6.07) is 16.4. The van der Waals surface area contributed by atoms with Crippen molar-refractivity contribution in [1.82, 2.24) is 5.32 Å². The SMILES string of the molecule is O=C(NCC12CCC(C(=O)O)(CO1)C2)OCC1c2ccccc2-c2ccccc21. The predicted octanol–water partition coefficient (Wildman–Crippen LogP) is 3.55. The second-order valence-electron chi connectivity index (χ2n) is 8.41. The van der Waals surface area contributed by atoms with Gasteiger partial charge in [-0.15, -0.1) is 0 Å². The Morgan fingerprint density at radius 1 is 1.07 bits per heavy atom. The van der Waals surface area contributed by atoms with Gasteiger partial charge < -0.3 is 19.9 Å². The molecule has 2 unspecified atom stereocenters. The number of ether oxygens (including phenoxy) is 2. The molecule has 1 saturated carbocycles. The first-order valence-electron chi connectivity index (χ1n) is 9.98. The van der Waals surface area contributed by atoms with E-state index in [-0.39, 0.29) is 25.7 Å². The number of alkyl carbamates (subject to hydrolysis) is 1. The van der Waals surface area contributed by atoms with Gasteiger partial charge in [-0.25, -0.2) is 4.79 Å². The van der Waals surface area contributed by atoms with E-state index < -0.39 is 23.1 Å². The van der Waals surface area contributed by atoms with Crippen LogP contribution >= 0.6 is 0 Å². The summed E-state index contributed by atoms with van der Waals surface area (Å²) in [5, 5.41) is 12.2. The van der Waals surface area contributed by atoms with Crippen molar-refractivity contribution in [3.8, 4) is 11.1 Å². The van der Waals surface area contributed by atoms with Gasteiger partial charge >= 0.3 is 12.1 Å². The number of carbonyl (C=O) groups is 2. The topological polar surface area (TPSA) is 84.9 Å². The number of aliphatic carboxylic acids is 1. The Morgan fingerprint density at radius 2 is 1.72 bits per heavy atom. The maximum absolute atomic E-state index is 12.4. The summed E-state index contributed by atoms with van der Waals surface area (Å²) in [5.41, 5.74) is 3.34. The summed E-state index contributed by atoms with van der Waals surface area (Å²) < 4.78 is 11.3. The van der Waals surface area contributed by atoms with Crippen LogP contribution in [0.5, 0.6) is 0 Å². The largest absolute Gasteiger partial charge is 0.481 e. The van der Waals surface area contributed by atoms with Gasteiger partial charge in [-0.2, -0.15) is 0 Å². The molecule has 2 atom stereocenters. The molecule has 1 amide bonds. The highest BCUT2D eigenvalue weighted by Gasteiger charge is 2.59. The van der Waals surface area contributed by atoms with Crippen LogP contribution in [0, 0.1) is 5.41 Å². The number of carboxylic acids is 1. The lowest BCUT2D eigenvalue weighted by molar-refractivity contribution is -0.150. The summed E-state index contributed by atoms with van der Waals surface area (Å²) in [5.74, 6) is -0.793. The Balaban J connectivity index is 1.22. The fourth-order valence-electron chi connectivity index (χ4n) is 5.13. The molecule has 6 nitrogen and oxygen atoms in total. The first-order chi connectivity index (χ1) is 14.0. The predicted molar refractivity (Wildman–Crippen MR) is 106 cm³/mol. The first-order valence-corrected chi connectivity index (χ1v) is 9.98. The van der Waals surface area contributed by atoms with E-state index >= 15 is 0 Å². The van der Waals surface area contributed by atoms with Crippen molar-refractivity contribution in [3.63, 3.8) is 0 Å². The molecule has 3 aliphatic rings. The van der Waals surface area contributed by atoms with Crippen LogP contribution in [0.2, 0.25) is 0 Å². The molecule has 2 bridgehead atoms. The normalized spacial score (nSPS) is 26.8. The standard InChI is InChI=1S/C23H23NO5/c25-20(26)22-9-10-23(12-22,29-14-22)13-24-21(27)28-11-19-17-7-3-1-5-15(17)16-6-2-4-8-18(16)19/h1-8,19H,9-14H2,(H,24,27)(H,25,26). The third-order valence-electron chi connectivity index (χ3n) is 6.73. The third kappa shape index (κ3) is 2.90. The summed E-state index contributed by atoms with van der Waals surface area (Å²) in [6.07, 6.45) is 1.18. The Kier molecular flexibility index (Phi) is 4.13. The highest BCUT2D eigenvalue weighted by Crippen LogP contribution is 2.52. The zero-order valence-electron chi connectivity index (χ0n) is 16.0. The summed E-state index contributed by atoms with van der Waals surface area (Å²) in [6.45, 7) is 0.750. The monoisotopic (exact) mass is 393 g/mol. The lowest BCUT2D eigenvalue weighted by Crippen LogP contribution is -2.42. The van der Waals surface area contributed by atoms with Crippen molar-refractivity contribution in [2.75, 3.05) is 19.8 Å². The van der Waals surface area contributed by atoms with E-state index in [1.165, 1.54) is 22.3 Å². The summed E-state index contributed by atoms with van der Waals surface area (Å²) in [4.78, 5) is 23.9. The van der Waals surface area contributed by atoms with Crippen molar-refractivity contribution >= 4 is 12.1 Å². The van der Waals surface area contributed by atoms with Gasteiger partial charge in [0, 0.05) is 12.5 Å². The lowest BCUT2D eigenvalue weighted by Gasteiger charge is -2.27. The molecule has 5 rings (SSSR count). The Hall–Kier alpha value is -2.86. The molecule has 1 heterocycles. The molecular weight excluding hydrogens is 370 g/mol. The second kappa shape index (κ2) is 6.59. The molecule has 150 valence electrons. The maximum atomic E-state index is 12.4. The molecule has 2 fully saturated rings. The van der Waals surface area contributed by atoms with E-state index in [9.17, 15) is 14.7 Å². The molecular formula is C23H23NO5. The molecule has 0 radical (unpaired) electrons. The van der Waals surface area contributed by atoms with Crippen LogP contribution in [-0.2, 0) is 14.3 Å². The fourth-order valence-corrected chi connectivity index (χ4v) is 5.13. The zero-order valence-corrected chi connectivity index (χ0v) is 16.0. The van der Waals surface area contributed by atoms with Crippen molar-refractivity contribution < 1.29 is 24.2 Å². The van der Waals surface area contributed by atoms with E-state index in [1.54, 1.807) is 0 Å². The quantitative estimate of drug-likeness (QED) is 0.812. The van der Waals surface area contributed by atoms with Crippen molar-refractivity contribution in [1.29, 1.82) is 0 Å². The van der Waals surface area contributed by atoms with Crippen molar-refractivity contribution in [2.24, 2.45) is 5.41 Å². The molecule has 2 N–H and O–H groups in total. The number of rotatable bonds is 5. The van der Waals surface area contributed by atoms with Crippen LogP contribution in [0.15, 0.2) is 48.5 Å². The minimum absolute atomic E-state index is 0.0141. The van der Waals surface area contributed by atoms with Crippen LogP contribution in [0.3, 0.4) is 0 Å². The first kappa shape index (κ1) is 18.2. The number of benzene rings is 2. The lowest BCUT2D eigenvalue weighted by atomic mass is 9.88. The number of nitrogens with one attached hydrogen (secondary N) is 1. The number of hydrogen-bond acceptors (Lipinski definition) is 4. The molecule has 2 aromatic carbocycles. The number of amides is 1. The molecule has 0 spiro atoms. The second-order valence-corrected chi connectivity index (χ2v) is 8.41. The average molecular weight is 393 g/mol. The molecule has 2 aliphatic carbocycles. The van der Waals surface area contributed by atoms with Crippen LogP contribution in [0.4, 0.5) is 4.79 Å². The zero-order chi connectivity index (χ0) is 20.1. The molecule has 1 saturated heterocycles. The Labute approximate surface area is 168 Å². The number of carbonyl (C=O) groups excluding carboxylic acids is 1. The number of carboxylic acid groups (broad SMARTS) is 1. The van der Waals surface area contributed by atoms with Gasteiger partial charge in [0.15, 0.2) is 0 Å². The number of hydrogen-bond donors (Lipinski definition) is 2. The van der Waals surface area contributed by atoms with Gasteiger partial charge in [-0.1, -0.05) is 48.5 Å². The van der Waals surface area contributed by atoms with Gasteiger partial charge in [-0.05, 0) is 41.5 Å². The van der Waals surface area contributed by atoms with Crippen molar-refractivity contribution in [2.45, 2.75) is 30.8 Å². The highest BCUT2D eigenvalue weighted by atomic mass is 16.6. The van der Waals surface area contributed by atoms with Crippen LogP contribution < -0.4 is 5.32 Å². The van der Waals surface area contributed by atoms with E-state index in [0.29, 0.717) is 19.3 Å². The minimum Gasteiger partial charge on any atom is -0.481 e. The fraction of sp³-hybridized carbons (Fsp3) is 0.391. The minimum atomic E-state index is -0.807. The molecule has 2 aromatic rings. The Bertz CT molecular complexity index is 931. The van der Waals surface area contributed by atoms with Crippen LogP contribution in [0.25, 0.3) is 11.1 Å². The van der Waals surface area contributed by atoms with Crippen LogP contribution in [-0.4, -0.2) is 42.5 Å². The van der Waals surface area contributed by atoms with Gasteiger partial charge in [0.2, 0.25) is 0 Å². The summed E-state index contributed by atoms with van der Waals surface area (Å²) >= 11 is 0. The molecule has 1 aliphatic heterocycles. The number of fused-ring (bicyclic) bond motifs is 5. The molecule has 6 heteroatoms. The third-order valence-corrected chi connectivity index (χ3v) is 6.73. The molecule has 29 heavy (non-hydrogen) atoms. The van der Waals surface area contributed by atoms with E-state index in [0.717, 1.165) is 0 Å². The summed E-state index contributed by atoms with van der Waals surface area (Å²) in [7, 11) is 0. The van der Waals surface area contributed by atoms with Crippen molar-refractivity contribution in [3.05, 3.63) is 59.7 Å². The molecule has 0 aromatic heterocycles. The van der Waals surface area contributed by atoms with Crippen LogP contribution in [0.1, 0.15) is 36.3 Å². The smallest absolute Gasteiger partial charge is 0.407 e. The van der Waals surface area contributed by atoms with E-state index in [2.05, 4.69) is 29.6 Å².